The Morgan fingerprint density at radius 3 is 2.70 bits per heavy atom. The summed E-state index contributed by atoms with van der Waals surface area (Å²) >= 11 is 1.33. The molecule has 0 saturated heterocycles. The van der Waals surface area contributed by atoms with Crippen LogP contribution in [0.15, 0.2) is 57.1 Å². The van der Waals surface area contributed by atoms with Gasteiger partial charge in [-0.2, -0.15) is 4.99 Å². The average Bonchev–Trinajstić information content (AvgIpc) is 3.55. The number of para-hydroxylation sites is 1. The number of aliphatic imine (C=N–C) groups is 2. The molecule has 2 N–H and O–H groups in total. The summed E-state index contributed by atoms with van der Waals surface area (Å²) in [7, 11) is 0. The maximum Gasteiger partial charge on any atom is 0.271 e. The summed E-state index contributed by atoms with van der Waals surface area (Å²) in [5.74, 6) is 0.397. The maximum absolute atomic E-state index is 13.2. The molecule has 37 heavy (non-hydrogen) atoms. The van der Waals surface area contributed by atoms with Crippen LogP contribution >= 0.6 is 11.8 Å². The van der Waals surface area contributed by atoms with Crippen LogP contribution in [-0.4, -0.2) is 51.0 Å². The Bertz CT molecular complexity index is 1220. The maximum atomic E-state index is 13.2. The molecule has 194 valence electrons. The zero-order chi connectivity index (χ0) is 25.8. The number of nitrogens with zero attached hydrogens (tertiary/aromatic N) is 3. The van der Waals surface area contributed by atoms with Crippen molar-refractivity contribution in [2.45, 2.75) is 75.7 Å². The molecule has 2 atom stereocenters. The lowest BCUT2D eigenvalue weighted by Crippen LogP contribution is -2.47. The van der Waals surface area contributed by atoms with Crippen molar-refractivity contribution in [1.82, 2.24) is 15.5 Å². The Morgan fingerprint density at radius 2 is 1.95 bits per heavy atom. The molecule has 2 aliphatic heterocycles. The van der Waals surface area contributed by atoms with Crippen molar-refractivity contribution in [3.05, 3.63) is 54.0 Å². The van der Waals surface area contributed by atoms with Gasteiger partial charge in [-0.05, 0) is 43.5 Å². The third kappa shape index (κ3) is 5.64. The molecular formula is C27H31N5O4S. The lowest BCUT2D eigenvalue weighted by atomic mass is 9.95. The fourth-order valence-electron chi connectivity index (χ4n) is 4.92. The molecule has 0 bridgehead atoms. The van der Waals surface area contributed by atoms with Crippen molar-refractivity contribution >= 4 is 46.2 Å². The SMILES string of the molecule is CCC(SC1=Nc2ccccc2C2=NC(=O)C(CC(=O)NCc3ccco3)N12)C(=O)NC1CCCCC1. The zero-order valence-electron chi connectivity index (χ0n) is 20.8. The second-order valence-corrected chi connectivity index (χ2v) is 10.7. The summed E-state index contributed by atoms with van der Waals surface area (Å²) in [5, 5.41) is 6.15. The van der Waals surface area contributed by atoms with E-state index in [2.05, 4.69) is 15.6 Å². The molecule has 3 aliphatic rings. The van der Waals surface area contributed by atoms with Gasteiger partial charge < -0.3 is 15.1 Å². The van der Waals surface area contributed by atoms with Gasteiger partial charge in [0.1, 0.15) is 17.6 Å². The van der Waals surface area contributed by atoms with E-state index < -0.39 is 11.9 Å². The van der Waals surface area contributed by atoms with E-state index in [1.807, 2.05) is 31.2 Å². The van der Waals surface area contributed by atoms with E-state index in [0.717, 1.165) is 31.2 Å². The zero-order valence-corrected chi connectivity index (χ0v) is 21.6. The van der Waals surface area contributed by atoms with E-state index in [1.54, 1.807) is 23.3 Å². The van der Waals surface area contributed by atoms with Gasteiger partial charge in [-0.25, -0.2) is 4.99 Å². The van der Waals surface area contributed by atoms with Crippen molar-refractivity contribution in [1.29, 1.82) is 0 Å². The van der Waals surface area contributed by atoms with Gasteiger partial charge in [0, 0.05) is 11.6 Å². The average molecular weight is 522 g/mol. The number of thioether (sulfide) groups is 1. The van der Waals surface area contributed by atoms with Gasteiger partial charge in [-0.3, -0.25) is 19.3 Å². The first kappa shape index (κ1) is 25.3. The topological polar surface area (TPSA) is 116 Å². The van der Waals surface area contributed by atoms with Gasteiger partial charge in [0.15, 0.2) is 5.17 Å². The van der Waals surface area contributed by atoms with Crippen molar-refractivity contribution < 1.29 is 18.8 Å². The van der Waals surface area contributed by atoms with Crippen LogP contribution in [0.5, 0.6) is 0 Å². The normalized spacial score (nSPS) is 20.0. The summed E-state index contributed by atoms with van der Waals surface area (Å²) in [6, 6.07) is 10.4. The number of nitrogens with one attached hydrogen (secondary N) is 2. The highest BCUT2D eigenvalue weighted by Gasteiger charge is 2.43. The van der Waals surface area contributed by atoms with E-state index in [4.69, 9.17) is 9.41 Å². The predicted molar refractivity (Wildman–Crippen MR) is 143 cm³/mol. The Hall–Kier alpha value is -3.40. The number of amides is 3. The van der Waals surface area contributed by atoms with Crippen LogP contribution in [0, 0.1) is 0 Å². The second-order valence-electron chi connectivity index (χ2n) is 9.49. The highest BCUT2D eigenvalue weighted by molar-refractivity contribution is 8.15. The number of amidine groups is 2. The quantitative estimate of drug-likeness (QED) is 0.544. The van der Waals surface area contributed by atoms with Crippen molar-refractivity contribution in [3.8, 4) is 0 Å². The summed E-state index contributed by atoms with van der Waals surface area (Å²) in [4.78, 5) is 49.9. The number of hydrogen-bond donors (Lipinski definition) is 2. The third-order valence-corrected chi connectivity index (χ3v) is 8.22. The first-order chi connectivity index (χ1) is 18.0. The molecule has 10 heteroatoms. The molecule has 3 heterocycles. The molecule has 9 nitrogen and oxygen atoms in total. The third-order valence-electron chi connectivity index (χ3n) is 6.89. The minimum absolute atomic E-state index is 0.0160. The van der Waals surface area contributed by atoms with E-state index in [-0.39, 0.29) is 36.1 Å². The molecule has 1 aromatic carbocycles. The molecular weight excluding hydrogens is 490 g/mol. The van der Waals surface area contributed by atoms with Crippen LogP contribution in [0.3, 0.4) is 0 Å². The molecule has 3 amide bonds. The molecule has 1 aliphatic carbocycles. The van der Waals surface area contributed by atoms with Crippen LogP contribution in [0.4, 0.5) is 5.69 Å². The van der Waals surface area contributed by atoms with Gasteiger partial charge >= 0.3 is 0 Å². The Labute approximate surface area is 220 Å². The second kappa shape index (κ2) is 11.3. The van der Waals surface area contributed by atoms with Gasteiger partial charge in [0.2, 0.25) is 11.8 Å². The van der Waals surface area contributed by atoms with Crippen LogP contribution in [0.25, 0.3) is 0 Å². The van der Waals surface area contributed by atoms with E-state index in [9.17, 15) is 14.4 Å². The first-order valence-electron chi connectivity index (χ1n) is 12.9. The number of benzene rings is 1. The van der Waals surface area contributed by atoms with Gasteiger partial charge in [-0.1, -0.05) is 50.1 Å². The number of carbonyl (C=O) groups excluding carboxylic acids is 3. The van der Waals surface area contributed by atoms with Crippen LogP contribution in [-0.2, 0) is 20.9 Å². The van der Waals surface area contributed by atoms with Crippen LogP contribution in [0.1, 0.15) is 63.2 Å². The van der Waals surface area contributed by atoms with Crippen LogP contribution < -0.4 is 10.6 Å². The lowest BCUT2D eigenvalue weighted by Gasteiger charge is -2.32. The molecule has 1 saturated carbocycles. The minimum Gasteiger partial charge on any atom is -0.467 e. The standard InChI is InChI=1S/C27H31N5O4S/c1-2-22(26(35)29-17-9-4-3-5-10-17)37-27-30-20-13-7-6-12-19(20)24-31-25(34)21(32(24)27)15-23(33)28-16-18-11-8-14-36-18/h6-8,11-14,17,21-22H,2-5,9-10,15-16H2,1H3,(H,28,33)(H,29,35). The number of rotatable bonds is 8. The minimum atomic E-state index is -0.829. The van der Waals surface area contributed by atoms with Crippen molar-refractivity contribution in [3.63, 3.8) is 0 Å². The first-order valence-corrected chi connectivity index (χ1v) is 13.8. The lowest BCUT2D eigenvalue weighted by molar-refractivity contribution is -0.126. The highest BCUT2D eigenvalue weighted by Crippen LogP contribution is 2.36. The van der Waals surface area contributed by atoms with Gasteiger partial charge in [0.25, 0.3) is 5.91 Å². The largest absolute Gasteiger partial charge is 0.467 e. The molecule has 2 unspecified atom stereocenters. The number of furan rings is 1. The smallest absolute Gasteiger partial charge is 0.271 e. The van der Waals surface area contributed by atoms with E-state index >= 15 is 0 Å². The summed E-state index contributed by atoms with van der Waals surface area (Å²) in [6.45, 7) is 2.21. The van der Waals surface area contributed by atoms with Crippen molar-refractivity contribution in [2.24, 2.45) is 9.98 Å². The Kier molecular flexibility index (Phi) is 7.73. The van der Waals surface area contributed by atoms with E-state index in [0.29, 0.717) is 28.9 Å². The molecule has 1 fully saturated rings. The number of fused-ring (bicyclic) bond motifs is 3. The van der Waals surface area contributed by atoms with Gasteiger partial charge in [-0.15, -0.1) is 0 Å². The van der Waals surface area contributed by atoms with Crippen molar-refractivity contribution in [2.75, 3.05) is 0 Å². The highest BCUT2D eigenvalue weighted by atomic mass is 32.2. The molecule has 0 radical (unpaired) electrons. The molecule has 5 rings (SSSR count). The molecule has 2 aromatic rings. The number of hydrogen-bond acceptors (Lipinski definition) is 7. The molecule has 1 aromatic heterocycles. The molecule has 0 spiro atoms. The van der Waals surface area contributed by atoms with Crippen LogP contribution in [0.2, 0.25) is 0 Å². The Balaban J connectivity index is 1.35. The monoisotopic (exact) mass is 521 g/mol. The number of carbonyl (C=O) groups is 3. The predicted octanol–water partition coefficient (Wildman–Crippen LogP) is 3.91. The van der Waals surface area contributed by atoms with Gasteiger partial charge in [0.05, 0.1) is 30.2 Å². The summed E-state index contributed by atoms with van der Waals surface area (Å²) in [6.07, 6.45) is 7.57. The summed E-state index contributed by atoms with van der Waals surface area (Å²) in [5.41, 5.74) is 1.43. The fraction of sp³-hybridized carbons (Fsp3) is 0.444. The van der Waals surface area contributed by atoms with E-state index in [1.165, 1.54) is 18.2 Å². The summed E-state index contributed by atoms with van der Waals surface area (Å²) < 4.78 is 5.27. The fourth-order valence-corrected chi connectivity index (χ4v) is 6.00. The Morgan fingerprint density at radius 1 is 1.14 bits per heavy atom.